The highest BCUT2D eigenvalue weighted by atomic mass is 16.6. The summed E-state index contributed by atoms with van der Waals surface area (Å²) in [6.07, 6.45) is 0.763. The van der Waals surface area contributed by atoms with Gasteiger partial charge in [-0.2, -0.15) is 0 Å². The van der Waals surface area contributed by atoms with E-state index in [1.165, 1.54) is 0 Å². The van der Waals surface area contributed by atoms with E-state index in [2.05, 4.69) is 0 Å². The smallest absolute Gasteiger partial charge is 0.338 e. The minimum Gasteiger partial charge on any atom is -0.457 e. The number of benzene rings is 1. The van der Waals surface area contributed by atoms with Gasteiger partial charge in [0.25, 0.3) is 0 Å². The monoisotopic (exact) mass is 222 g/mol. The predicted molar refractivity (Wildman–Crippen MR) is 62.4 cm³/mol. The van der Waals surface area contributed by atoms with Crippen LogP contribution >= 0.6 is 0 Å². The molecule has 0 fully saturated rings. The first-order valence-corrected chi connectivity index (χ1v) is 5.57. The Balaban J connectivity index is 2.34. The number of esters is 1. The third kappa shape index (κ3) is 4.45. The second-order valence-electron chi connectivity index (χ2n) is 3.66. The maximum atomic E-state index is 11.6. The van der Waals surface area contributed by atoms with Gasteiger partial charge in [-0.25, -0.2) is 4.79 Å². The Bertz CT molecular complexity index is 308. The molecule has 0 heterocycles. The molecule has 16 heavy (non-hydrogen) atoms. The van der Waals surface area contributed by atoms with Gasteiger partial charge in [0.15, 0.2) is 0 Å². The molecule has 0 aliphatic rings. The summed E-state index contributed by atoms with van der Waals surface area (Å²) in [4.78, 5) is 11.6. The van der Waals surface area contributed by atoms with Gasteiger partial charge in [-0.1, -0.05) is 25.1 Å². The van der Waals surface area contributed by atoms with Crippen molar-refractivity contribution in [2.24, 2.45) is 0 Å². The van der Waals surface area contributed by atoms with Gasteiger partial charge in [-0.05, 0) is 25.5 Å². The minimum absolute atomic E-state index is 0.209. The molecule has 88 valence electrons. The molecule has 0 unspecified atom stereocenters. The van der Waals surface area contributed by atoms with Crippen LogP contribution < -0.4 is 0 Å². The quantitative estimate of drug-likeness (QED) is 0.548. The van der Waals surface area contributed by atoms with Crippen LogP contribution in [0.4, 0.5) is 0 Å². The second-order valence-corrected chi connectivity index (χ2v) is 3.66. The Morgan fingerprint density at radius 3 is 2.62 bits per heavy atom. The van der Waals surface area contributed by atoms with Crippen LogP contribution in [0.2, 0.25) is 0 Å². The summed E-state index contributed by atoms with van der Waals surface area (Å²) in [5.41, 5.74) is 0.574. The van der Waals surface area contributed by atoms with Gasteiger partial charge in [0.2, 0.25) is 0 Å². The van der Waals surface area contributed by atoms with E-state index in [0.717, 1.165) is 6.42 Å². The first-order valence-electron chi connectivity index (χ1n) is 5.57. The highest BCUT2D eigenvalue weighted by molar-refractivity contribution is 5.89. The lowest BCUT2D eigenvalue weighted by atomic mass is 10.2. The molecule has 1 aromatic carbocycles. The van der Waals surface area contributed by atoms with Crippen molar-refractivity contribution >= 4 is 5.97 Å². The van der Waals surface area contributed by atoms with Gasteiger partial charge in [0.1, 0.15) is 6.10 Å². The second kappa shape index (κ2) is 7.01. The molecule has 0 saturated carbocycles. The van der Waals surface area contributed by atoms with Crippen molar-refractivity contribution in [1.82, 2.24) is 0 Å². The van der Waals surface area contributed by atoms with Gasteiger partial charge < -0.3 is 9.47 Å². The van der Waals surface area contributed by atoms with Crippen LogP contribution in [-0.2, 0) is 9.47 Å². The van der Waals surface area contributed by atoms with E-state index in [1.54, 1.807) is 12.1 Å². The van der Waals surface area contributed by atoms with Crippen molar-refractivity contribution < 1.29 is 14.3 Å². The van der Waals surface area contributed by atoms with Crippen LogP contribution in [0.5, 0.6) is 0 Å². The van der Waals surface area contributed by atoms with Crippen molar-refractivity contribution in [3.63, 3.8) is 0 Å². The fourth-order valence-corrected chi connectivity index (χ4v) is 1.25. The van der Waals surface area contributed by atoms with Crippen molar-refractivity contribution in [3.8, 4) is 0 Å². The average molecular weight is 222 g/mol. The Hall–Kier alpha value is -1.35. The summed E-state index contributed by atoms with van der Waals surface area (Å²) >= 11 is 0. The average Bonchev–Trinajstić information content (AvgIpc) is 2.30. The molecule has 0 aliphatic heterocycles. The highest BCUT2D eigenvalue weighted by Crippen LogP contribution is 2.04. The van der Waals surface area contributed by atoms with Crippen LogP contribution in [0, 0.1) is 0 Å². The van der Waals surface area contributed by atoms with Gasteiger partial charge in [0, 0.05) is 6.61 Å². The molecule has 1 rings (SSSR count). The van der Waals surface area contributed by atoms with E-state index in [0.29, 0.717) is 18.8 Å². The van der Waals surface area contributed by atoms with Crippen LogP contribution in [0.15, 0.2) is 30.3 Å². The number of ether oxygens (including phenoxy) is 2. The van der Waals surface area contributed by atoms with E-state index in [9.17, 15) is 4.79 Å². The molecule has 0 aliphatic carbocycles. The van der Waals surface area contributed by atoms with E-state index < -0.39 is 0 Å². The zero-order valence-electron chi connectivity index (χ0n) is 9.81. The maximum absolute atomic E-state index is 11.6. The maximum Gasteiger partial charge on any atom is 0.338 e. The lowest BCUT2D eigenvalue weighted by molar-refractivity contribution is 0.00226. The Morgan fingerprint density at radius 1 is 1.31 bits per heavy atom. The summed E-state index contributed by atoms with van der Waals surface area (Å²) in [6.45, 7) is 5.02. The predicted octanol–water partition coefficient (Wildman–Crippen LogP) is 2.66. The summed E-state index contributed by atoms with van der Waals surface area (Å²) < 4.78 is 10.5. The van der Waals surface area contributed by atoms with E-state index >= 15 is 0 Å². The highest BCUT2D eigenvalue weighted by Gasteiger charge is 2.11. The largest absolute Gasteiger partial charge is 0.457 e. The lowest BCUT2D eigenvalue weighted by Gasteiger charge is -2.13. The van der Waals surface area contributed by atoms with Crippen LogP contribution in [0.1, 0.15) is 30.6 Å². The molecule has 0 saturated heterocycles. The third-order valence-corrected chi connectivity index (χ3v) is 2.02. The van der Waals surface area contributed by atoms with Crippen molar-refractivity contribution in [2.75, 3.05) is 13.2 Å². The third-order valence-electron chi connectivity index (χ3n) is 2.02. The molecular formula is C13H18O3. The molecule has 0 aromatic heterocycles. The normalized spacial score (nSPS) is 12.1. The molecule has 0 bridgehead atoms. The number of hydrogen-bond acceptors (Lipinski definition) is 3. The number of carbonyl (C=O) groups is 1. The molecule has 1 aromatic rings. The number of rotatable bonds is 6. The molecule has 0 N–H and O–H groups in total. The number of carbonyl (C=O) groups excluding carboxylic acids is 1. The minimum atomic E-state index is -0.298. The summed E-state index contributed by atoms with van der Waals surface area (Å²) in [5.74, 6) is -0.298. The zero-order chi connectivity index (χ0) is 11.8. The van der Waals surface area contributed by atoms with Crippen LogP contribution in [0.3, 0.4) is 0 Å². The standard InChI is InChI=1S/C13H18O3/c1-3-9-15-10-11(2)16-13(14)12-7-5-4-6-8-12/h4-8,11H,3,9-10H2,1-2H3/t11-/m0/s1. The fraction of sp³-hybridized carbons (Fsp3) is 0.462. The number of hydrogen-bond donors (Lipinski definition) is 0. The first-order chi connectivity index (χ1) is 7.74. The Morgan fingerprint density at radius 2 is 2.00 bits per heavy atom. The summed E-state index contributed by atoms with van der Waals surface area (Å²) in [6, 6.07) is 8.97. The van der Waals surface area contributed by atoms with E-state index in [4.69, 9.17) is 9.47 Å². The molecule has 0 spiro atoms. The lowest BCUT2D eigenvalue weighted by Crippen LogP contribution is -2.20. The molecule has 3 heteroatoms. The Kier molecular flexibility index (Phi) is 5.57. The SMILES string of the molecule is CCCOC[C@H](C)OC(=O)c1ccccc1. The Labute approximate surface area is 96.4 Å². The molecular weight excluding hydrogens is 204 g/mol. The van der Waals surface area contributed by atoms with Crippen molar-refractivity contribution in [3.05, 3.63) is 35.9 Å². The molecule has 0 radical (unpaired) electrons. The zero-order valence-corrected chi connectivity index (χ0v) is 9.81. The fourth-order valence-electron chi connectivity index (χ4n) is 1.25. The first kappa shape index (κ1) is 12.7. The van der Waals surface area contributed by atoms with Gasteiger partial charge in [0.05, 0.1) is 12.2 Å². The van der Waals surface area contributed by atoms with E-state index in [1.807, 2.05) is 32.0 Å². The molecule has 0 amide bonds. The van der Waals surface area contributed by atoms with Gasteiger partial charge in [-0.3, -0.25) is 0 Å². The topological polar surface area (TPSA) is 35.5 Å². The van der Waals surface area contributed by atoms with E-state index in [-0.39, 0.29) is 12.1 Å². The molecule has 1 atom stereocenters. The van der Waals surface area contributed by atoms with Gasteiger partial charge >= 0.3 is 5.97 Å². The summed E-state index contributed by atoms with van der Waals surface area (Å²) in [7, 11) is 0. The van der Waals surface area contributed by atoms with Gasteiger partial charge in [-0.15, -0.1) is 0 Å². The van der Waals surface area contributed by atoms with Crippen molar-refractivity contribution in [1.29, 1.82) is 0 Å². The van der Waals surface area contributed by atoms with Crippen LogP contribution in [0.25, 0.3) is 0 Å². The van der Waals surface area contributed by atoms with Crippen LogP contribution in [-0.4, -0.2) is 25.3 Å². The molecule has 3 nitrogen and oxygen atoms in total. The summed E-state index contributed by atoms with van der Waals surface area (Å²) in [5, 5.41) is 0. The van der Waals surface area contributed by atoms with Crippen molar-refractivity contribution in [2.45, 2.75) is 26.4 Å².